The Kier molecular flexibility index (Phi) is 3.95. The van der Waals surface area contributed by atoms with E-state index in [1.807, 2.05) is 0 Å². The minimum Gasteiger partial charge on any atom is -0.316 e. The quantitative estimate of drug-likeness (QED) is 0.876. The van der Waals surface area contributed by atoms with Gasteiger partial charge < -0.3 is 5.32 Å². The Morgan fingerprint density at radius 1 is 1.39 bits per heavy atom. The van der Waals surface area contributed by atoms with Gasteiger partial charge in [0.15, 0.2) is 11.6 Å². The molecule has 0 spiro atoms. The largest absolute Gasteiger partial charge is 0.316 e. The maximum Gasteiger partial charge on any atom is 0.162 e. The van der Waals surface area contributed by atoms with Crippen LogP contribution in [0.25, 0.3) is 0 Å². The van der Waals surface area contributed by atoms with Gasteiger partial charge in [-0.25, -0.2) is 13.2 Å². The lowest BCUT2D eigenvalue weighted by atomic mass is 9.81. The molecule has 1 fully saturated rings. The van der Waals surface area contributed by atoms with Crippen molar-refractivity contribution in [2.45, 2.75) is 31.9 Å². The van der Waals surface area contributed by atoms with Crippen LogP contribution < -0.4 is 5.32 Å². The maximum atomic E-state index is 14.6. The number of piperidine rings is 1. The first-order valence-corrected chi connectivity index (χ1v) is 6.33. The van der Waals surface area contributed by atoms with Crippen LogP contribution >= 0.6 is 0 Å². The fraction of sp³-hybridized carbons (Fsp3) is 0.571. The molecule has 1 aromatic rings. The highest BCUT2D eigenvalue weighted by Crippen LogP contribution is 2.32. The van der Waals surface area contributed by atoms with Gasteiger partial charge in [-0.05, 0) is 37.9 Å². The zero-order chi connectivity index (χ0) is 13.2. The van der Waals surface area contributed by atoms with Gasteiger partial charge >= 0.3 is 0 Å². The molecule has 18 heavy (non-hydrogen) atoms. The van der Waals surface area contributed by atoms with Crippen LogP contribution in [0.5, 0.6) is 0 Å². The van der Waals surface area contributed by atoms with Crippen molar-refractivity contribution in [3.63, 3.8) is 0 Å². The molecule has 1 aliphatic heterocycles. The van der Waals surface area contributed by atoms with E-state index in [2.05, 4.69) is 5.32 Å². The van der Waals surface area contributed by atoms with Crippen molar-refractivity contribution in [2.75, 3.05) is 13.1 Å². The van der Waals surface area contributed by atoms with Gasteiger partial charge in [0.25, 0.3) is 0 Å². The van der Waals surface area contributed by atoms with E-state index >= 15 is 0 Å². The van der Waals surface area contributed by atoms with Crippen molar-refractivity contribution in [3.05, 3.63) is 35.4 Å². The SMILES string of the molecule is CC(F)(Cc1cccc(F)c1F)C1CCCNC1. The molecule has 1 N–H and O–H groups in total. The minimum absolute atomic E-state index is 0.0804. The Balaban J connectivity index is 2.13. The van der Waals surface area contributed by atoms with E-state index in [1.165, 1.54) is 19.1 Å². The van der Waals surface area contributed by atoms with Crippen molar-refractivity contribution in [1.82, 2.24) is 5.32 Å². The third-order valence-electron chi connectivity index (χ3n) is 3.72. The maximum absolute atomic E-state index is 14.6. The van der Waals surface area contributed by atoms with Gasteiger partial charge in [0.1, 0.15) is 5.67 Å². The molecule has 0 radical (unpaired) electrons. The zero-order valence-electron chi connectivity index (χ0n) is 10.5. The first-order chi connectivity index (χ1) is 8.50. The second-order valence-corrected chi connectivity index (χ2v) is 5.21. The molecular weight excluding hydrogens is 239 g/mol. The van der Waals surface area contributed by atoms with Gasteiger partial charge in [0.2, 0.25) is 0 Å². The van der Waals surface area contributed by atoms with Crippen molar-refractivity contribution < 1.29 is 13.2 Å². The molecule has 1 aromatic carbocycles. The predicted octanol–water partition coefficient (Wildman–Crippen LogP) is 3.24. The minimum atomic E-state index is -1.51. The summed E-state index contributed by atoms with van der Waals surface area (Å²) in [4.78, 5) is 0. The summed E-state index contributed by atoms with van der Waals surface area (Å²) in [6.45, 7) is 2.99. The van der Waals surface area contributed by atoms with E-state index < -0.39 is 17.3 Å². The van der Waals surface area contributed by atoms with Gasteiger partial charge in [-0.3, -0.25) is 0 Å². The Morgan fingerprint density at radius 3 is 2.83 bits per heavy atom. The molecule has 2 rings (SSSR count). The van der Waals surface area contributed by atoms with E-state index in [0.717, 1.165) is 25.5 Å². The molecule has 100 valence electrons. The highest BCUT2D eigenvalue weighted by molar-refractivity contribution is 5.21. The van der Waals surface area contributed by atoms with Crippen LogP contribution in [0.4, 0.5) is 13.2 Å². The second-order valence-electron chi connectivity index (χ2n) is 5.21. The number of rotatable bonds is 3. The molecule has 0 bridgehead atoms. The highest BCUT2D eigenvalue weighted by atomic mass is 19.2. The lowest BCUT2D eigenvalue weighted by Crippen LogP contribution is -2.43. The molecule has 0 aliphatic carbocycles. The molecule has 1 saturated heterocycles. The van der Waals surface area contributed by atoms with Crippen molar-refractivity contribution in [2.24, 2.45) is 5.92 Å². The van der Waals surface area contributed by atoms with E-state index in [4.69, 9.17) is 0 Å². The number of benzene rings is 1. The summed E-state index contributed by atoms with van der Waals surface area (Å²) in [6.07, 6.45) is 1.63. The van der Waals surface area contributed by atoms with E-state index in [0.29, 0.717) is 6.54 Å². The van der Waals surface area contributed by atoms with Gasteiger partial charge in [-0.2, -0.15) is 0 Å². The van der Waals surface area contributed by atoms with Crippen LogP contribution in [0.3, 0.4) is 0 Å². The summed E-state index contributed by atoms with van der Waals surface area (Å²) in [5.41, 5.74) is -1.40. The molecule has 2 unspecified atom stereocenters. The first-order valence-electron chi connectivity index (χ1n) is 6.33. The number of hydrogen-bond donors (Lipinski definition) is 1. The summed E-state index contributed by atoms with van der Waals surface area (Å²) in [5, 5.41) is 3.14. The van der Waals surface area contributed by atoms with Crippen molar-refractivity contribution in [3.8, 4) is 0 Å². The number of nitrogens with one attached hydrogen (secondary N) is 1. The van der Waals surface area contributed by atoms with Gasteiger partial charge in [0, 0.05) is 18.9 Å². The lowest BCUT2D eigenvalue weighted by molar-refractivity contribution is 0.0822. The average Bonchev–Trinajstić information content (AvgIpc) is 2.36. The van der Waals surface area contributed by atoms with Crippen LogP contribution in [0.2, 0.25) is 0 Å². The molecule has 1 aliphatic rings. The normalized spacial score (nSPS) is 23.7. The number of alkyl halides is 1. The molecule has 2 atom stereocenters. The third kappa shape index (κ3) is 2.86. The molecule has 4 heteroatoms. The second kappa shape index (κ2) is 5.31. The zero-order valence-corrected chi connectivity index (χ0v) is 10.5. The van der Waals surface area contributed by atoms with Crippen LogP contribution in [0, 0.1) is 17.6 Å². The van der Waals surface area contributed by atoms with Crippen LogP contribution in [0.1, 0.15) is 25.3 Å². The fourth-order valence-corrected chi connectivity index (χ4v) is 2.57. The van der Waals surface area contributed by atoms with Crippen LogP contribution in [-0.4, -0.2) is 18.8 Å². The summed E-state index contributed by atoms with van der Waals surface area (Å²) in [5.74, 6) is -1.98. The van der Waals surface area contributed by atoms with E-state index in [1.54, 1.807) is 0 Å². The predicted molar refractivity (Wildman–Crippen MR) is 65.2 cm³/mol. The molecule has 0 amide bonds. The molecule has 1 nitrogen and oxygen atoms in total. The first kappa shape index (κ1) is 13.4. The monoisotopic (exact) mass is 257 g/mol. The summed E-state index contributed by atoms with van der Waals surface area (Å²) in [7, 11) is 0. The molecule has 0 saturated carbocycles. The van der Waals surface area contributed by atoms with Crippen molar-refractivity contribution in [1.29, 1.82) is 0 Å². The van der Waals surface area contributed by atoms with Crippen LogP contribution in [0.15, 0.2) is 18.2 Å². The van der Waals surface area contributed by atoms with Crippen molar-refractivity contribution >= 4 is 0 Å². The van der Waals surface area contributed by atoms with Crippen LogP contribution in [-0.2, 0) is 6.42 Å². The summed E-state index contributed by atoms with van der Waals surface area (Å²) < 4.78 is 41.3. The van der Waals surface area contributed by atoms with E-state index in [-0.39, 0.29) is 17.9 Å². The topological polar surface area (TPSA) is 12.0 Å². The summed E-state index contributed by atoms with van der Waals surface area (Å²) in [6, 6.07) is 3.92. The van der Waals surface area contributed by atoms with Gasteiger partial charge in [-0.1, -0.05) is 12.1 Å². The Hall–Kier alpha value is -1.03. The highest BCUT2D eigenvalue weighted by Gasteiger charge is 2.36. The molecular formula is C14H18F3N. The van der Waals surface area contributed by atoms with Gasteiger partial charge in [0.05, 0.1) is 0 Å². The Morgan fingerprint density at radius 2 is 2.17 bits per heavy atom. The standard InChI is InChI=1S/C14H18F3N/c1-14(17,11-5-3-7-18-9-11)8-10-4-2-6-12(15)13(10)16/h2,4,6,11,18H,3,5,7-9H2,1H3. The third-order valence-corrected chi connectivity index (χ3v) is 3.72. The fourth-order valence-electron chi connectivity index (χ4n) is 2.57. The smallest absolute Gasteiger partial charge is 0.162 e. The number of hydrogen-bond acceptors (Lipinski definition) is 1. The average molecular weight is 257 g/mol. The lowest BCUT2D eigenvalue weighted by Gasteiger charge is -2.34. The molecule has 0 aromatic heterocycles. The Bertz CT molecular complexity index is 412. The number of halogens is 3. The Labute approximate surface area is 105 Å². The molecule has 1 heterocycles. The summed E-state index contributed by atoms with van der Waals surface area (Å²) >= 11 is 0. The van der Waals surface area contributed by atoms with Gasteiger partial charge in [-0.15, -0.1) is 0 Å². The van der Waals surface area contributed by atoms with E-state index in [9.17, 15) is 13.2 Å².